The highest BCUT2D eigenvalue weighted by molar-refractivity contribution is 7.89. The first kappa shape index (κ1) is 16.9. The van der Waals surface area contributed by atoms with Crippen LogP contribution in [0.15, 0.2) is 0 Å². The van der Waals surface area contributed by atoms with Crippen molar-refractivity contribution in [1.29, 1.82) is 0 Å². The van der Waals surface area contributed by atoms with E-state index in [1.54, 1.807) is 11.4 Å². The zero-order valence-corrected chi connectivity index (χ0v) is 12.9. The maximum absolute atomic E-state index is 12.5. The van der Waals surface area contributed by atoms with Crippen molar-refractivity contribution in [3.05, 3.63) is 0 Å². The summed E-state index contributed by atoms with van der Waals surface area (Å²) < 4.78 is 26.5. The Bertz CT molecular complexity index is 282. The molecule has 0 aliphatic rings. The Balaban J connectivity index is 4.80. The Morgan fingerprint density at radius 2 is 1.35 bits per heavy atom. The van der Waals surface area contributed by atoms with E-state index in [0.29, 0.717) is 0 Å². The second-order valence-corrected chi connectivity index (χ2v) is 7.17. The number of rotatable bonds is 9. The summed E-state index contributed by atoms with van der Waals surface area (Å²) in [6.45, 7) is 8.18. The average molecular weight is 263 g/mol. The molecule has 1 unspecified atom stereocenters. The third-order valence-corrected chi connectivity index (χ3v) is 5.85. The Labute approximate surface area is 108 Å². The van der Waals surface area contributed by atoms with Crippen molar-refractivity contribution in [2.45, 2.75) is 77.5 Å². The number of hydrogen-bond acceptors (Lipinski definition) is 2. The smallest absolute Gasteiger partial charge is 0.212 e. The van der Waals surface area contributed by atoms with E-state index >= 15 is 0 Å². The molecule has 3 nitrogen and oxygen atoms in total. The molecule has 0 bridgehead atoms. The third-order valence-electron chi connectivity index (χ3n) is 3.37. The lowest BCUT2D eigenvalue weighted by Crippen LogP contribution is -2.41. The lowest BCUT2D eigenvalue weighted by molar-refractivity contribution is 0.359. The normalized spacial score (nSPS) is 14.5. The zero-order valence-electron chi connectivity index (χ0n) is 12.1. The van der Waals surface area contributed by atoms with Crippen LogP contribution in [-0.2, 0) is 10.0 Å². The van der Waals surface area contributed by atoms with Crippen molar-refractivity contribution in [3.8, 4) is 0 Å². The zero-order chi connectivity index (χ0) is 13.5. The molecule has 1 atom stereocenters. The van der Waals surface area contributed by atoms with Crippen molar-refractivity contribution in [1.82, 2.24) is 4.31 Å². The predicted molar refractivity (Wildman–Crippen MR) is 74.7 cm³/mol. The molecule has 0 aliphatic heterocycles. The Kier molecular flexibility index (Phi) is 8.05. The van der Waals surface area contributed by atoms with Gasteiger partial charge in [0.25, 0.3) is 0 Å². The van der Waals surface area contributed by atoms with Crippen molar-refractivity contribution in [3.63, 3.8) is 0 Å². The summed E-state index contributed by atoms with van der Waals surface area (Å²) >= 11 is 0. The van der Waals surface area contributed by atoms with Crippen molar-refractivity contribution in [2.24, 2.45) is 0 Å². The van der Waals surface area contributed by atoms with Crippen LogP contribution in [0.3, 0.4) is 0 Å². The molecule has 0 heterocycles. The summed E-state index contributed by atoms with van der Waals surface area (Å²) in [5.41, 5.74) is 0. The minimum Gasteiger partial charge on any atom is -0.212 e. The minimum atomic E-state index is -3.11. The number of sulfonamides is 1. The highest BCUT2D eigenvalue weighted by Gasteiger charge is 2.30. The first-order chi connectivity index (χ1) is 7.91. The second kappa shape index (κ2) is 8.09. The van der Waals surface area contributed by atoms with Gasteiger partial charge in [0.2, 0.25) is 10.0 Å². The van der Waals surface area contributed by atoms with Crippen LogP contribution in [0.25, 0.3) is 0 Å². The quantitative estimate of drug-likeness (QED) is 0.639. The predicted octanol–water partition coefficient (Wildman–Crippen LogP) is 3.41. The molecule has 0 aliphatic carbocycles. The molecule has 0 saturated heterocycles. The largest absolute Gasteiger partial charge is 0.216 e. The Morgan fingerprint density at radius 1 is 0.941 bits per heavy atom. The molecule has 4 heteroatoms. The summed E-state index contributed by atoms with van der Waals surface area (Å²) in [6, 6.07) is 0.112. The molecule has 0 aromatic heterocycles. The van der Waals surface area contributed by atoms with Crippen LogP contribution in [0.5, 0.6) is 0 Å². The number of hydrogen-bond donors (Lipinski definition) is 0. The second-order valence-electron chi connectivity index (χ2n) is 4.90. The van der Waals surface area contributed by atoms with Gasteiger partial charge in [0, 0.05) is 13.1 Å². The topological polar surface area (TPSA) is 37.4 Å². The molecular formula is C13H29NO2S. The molecule has 0 saturated carbocycles. The van der Waals surface area contributed by atoms with Gasteiger partial charge in [-0.2, -0.15) is 0 Å². The van der Waals surface area contributed by atoms with Gasteiger partial charge in [-0.15, -0.1) is 0 Å². The van der Waals surface area contributed by atoms with Crippen LogP contribution in [0, 0.1) is 0 Å². The van der Waals surface area contributed by atoms with Crippen LogP contribution in [-0.4, -0.2) is 31.1 Å². The lowest BCUT2D eigenvalue weighted by Gasteiger charge is -2.28. The first-order valence-electron chi connectivity index (χ1n) is 6.88. The molecule has 0 spiro atoms. The molecular weight excluding hydrogens is 234 g/mol. The molecule has 17 heavy (non-hydrogen) atoms. The highest BCUT2D eigenvalue weighted by atomic mass is 32.2. The summed E-state index contributed by atoms with van der Waals surface area (Å²) in [4.78, 5) is 0. The molecule has 104 valence electrons. The van der Waals surface area contributed by atoms with E-state index in [1.807, 2.05) is 20.8 Å². The van der Waals surface area contributed by atoms with Crippen LogP contribution in [0.4, 0.5) is 0 Å². The van der Waals surface area contributed by atoms with E-state index in [-0.39, 0.29) is 11.3 Å². The maximum Gasteiger partial charge on any atom is 0.216 e. The minimum absolute atomic E-state index is 0.112. The summed E-state index contributed by atoms with van der Waals surface area (Å²) in [5.74, 6) is 0. The van der Waals surface area contributed by atoms with E-state index in [1.165, 1.54) is 0 Å². The molecule has 0 aromatic rings. The standard InChI is InChI=1S/C13H29NO2S/c1-6-9-12(4)14(5)17(15,16)13(10-7-2)11-8-3/h12-13H,6-11H2,1-5H3. The van der Waals surface area contributed by atoms with E-state index in [9.17, 15) is 8.42 Å². The summed E-state index contributed by atoms with van der Waals surface area (Å²) in [6.07, 6.45) is 5.37. The molecule has 0 amide bonds. The van der Waals surface area contributed by atoms with Crippen LogP contribution in [0.2, 0.25) is 0 Å². The monoisotopic (exact) mass is 263 g/mol. The van der Waals surface area contributed by atoms with Gasteiger partial charge < -0.3 is 0 Å². The van der Waals surface area contributed by atoms with E-state index in [2.05, 4.69) is 6.92 Å². The Morgan fingerprint density at radius 3 is 1.71 bits per heavy atom. The number of nitrogens with zero attached hydrogens (tertiary/aromatic N) is 1. The van der Waals surface area contributed by atoms with Crippen molar-refractivity contribution >= 4 is 10.0 Å². The summed E-state index contributed by atoms with van der Waals surface area (Å²) in [5, 5.41) is -0.193. The van der Waals surface area contributed by atoms with Gasteiger partial charge in [-0.05, 0) is 26.2 Å². The molecule has 0 N–H and O–H groups in total. The molecule has 0 aromatic carbocycles. The van der Waals surface area contributed by atoms with Gasteiger partial charge >= 0.3 is 0 Å². The van der Waals surface area contributed by atoms with Gasteiger partial charge in [0.15, 0.2) is 0 Å². The van der Waals surface area contributed by atoms with E-state index in [0.717, 1.165) is 38.5 Å². The fraction of sp³-hybridized carbons (Fsp3) is 1.00. The van der Waals surface area contributed by atoms with Crippen molar-refractivity contribution in [2.75, 3.05) is 7.05 Å². The fourth-order valence-electron chi connectivity index (χ4n) is 2.17. The van der Waals surface area contributed by atoms with Gasteiger partial charge in [0.05, 0.1) is 5.25 Å². The highest BCUT2D eigenvalue weighted by Crippen LogP contribution is 2.21. The van der Waals surface area contributed by atoms with E-state index in [4.69, 9.17) is 0 Å². The summed E-state index contributed by atoms with van der Waals surface area (Å²) in [7, 11) is -1.38. The van der Waals surface area contributed by atoms with Gasteiger partial charge in [0.1, 0.15) is 0 Å². The van der Waals surface area contributed by atoms with Gasteiger partial charge in [-0.25, -0.2) is 12.7 Å². The van der Waals surface area contributed by atoms with Gasteiger partial charge in [-0.1, -0.05) is 40.0 Å². The first-order valence-corrected chi connectivity index (χ1v) is 8.38. The molecule has 0 fully saturated rings. The van der Waals surface area contributed by atoms with E-state index < -0.39 is 10.0 Å². The van der Waals surface area contributed by atoms with Gasteiger partial charge in [-0.3, -0.25) is 0 Å². The fourth-order valence-corrected chi connectivity index (χ4v) is 4.32. The maximum atomic E-state index is 12.5. The lowest BCUT2D eigenvalue weighted by atomic mass is 10.2. The SMILES string of the molecule is CCCC(C)N(C)S(=O)(=O)C(CCC)CCC. The molecule has 0 rings (SSSR count). The van der Waals surface area contributed by atoms with Crippen molar-refractivity contribution < 1.29 is 8.42 Å². The third kappa shape index (κ3) is 4.96. The van der Waals surface area contributed by atoms with Crippen LogP contribution >= 0.6 is 0 Å². The molecule has 0 radical (unpaired) electrons. The van der Waals surface area contributed by atoms with Crippen LogP contribution < -0.4 is 0 Å². The Hall–Kier alpha value is -0.0900. The van der Waals surface area contributed by atoms with Crippen LogP contribution in [0.1, 0.15) is 66.2 Å². The average Bonchev–Trinajstić information content (AvgIpc) is 2.28.